The Morgan fingerprint density at radius 1 is 0.966 bits per heavy atom. The molecule has 1 atom stereocenters. The molecule has 1 saturated heterocycles. The molecule has 0 bridgehead atoms. The Balaban J connectivity index is 1.31. The topological polar surface area (TPSA) is 64.6 Å². The highest BCUT2D eigenvalue weighted by molar-refractivity contribution is 5.79. The van der Waals surface area contributed by atoms with Crippen LogP contribution in [0.2, 0.25) is 0 Å². The Hall–Kier alpha value is -3.41. The number of aromatic nitrogens is 2. The number of amides is 1. The first kappa shape index (κ1) is 18.9. The molecule has 29 heavy (non-hydrogen) atoms. The summed E-state index contributed by atoms with van der Waals surface area (Å²) in [5, 5.41) is 7.88. The molecule has 0 spiro atoms. The van der Waals surface area contributed by atoms with Crippen LogP contribution in [0.15, 0.2) is 66.7 Å². The Morgan fingerprint density at radius 3 is 2.34 bits per heavy atom. The normalized spacial score (nSPS) is 15.9. The van der Waals surface area contributed by atoms with Crippen molar-refractivity contribution < 1.29 is 14.3 Å². The van der Waals surface area contributed by atoms with Gasteiger partial charge in [-0.3, -0.25) is 4.79 Å². The Labute approximate surface area is 170 Å². The van der Waals surface area contributed by atoms with Crippen LogP contribution in [-0.2, 0) is 11.2 Å². The number of likely N-dealkylation sites (tertiary alicyclic amines) is 1. The molecule has 0 saturated carbocycles. The zero-order valence-electron chi connectivity index (χ0n) is 16.3. The van der Waals surface area contributed by atoms with Crippen LogP contribution in [0.25, 0.3) is 11.1 Å². The van der Waals surface area contributed by atoms with E-state index in [1.54, 1.807) is 19.2 Å². The fraction of sp³-hybridized carbons (Fsp3) is 0.261. The monoisotopic (exact) mass is 389 g/mol. The minimum Gasteiger partial charge on any atom is -0.480 e. The number of carbonyl (C=O) groups excluding carboxylic acids is 1. The molecule has 2 heterocycles. The van der Waals surface area contributed by atoms with Crippen LogP contribution in [-0.4, -0.2) is 47.3 Å². The number of nitrogens with zero attached hydrogens (tertiary/aromatic N) is 3. The molecule has 6 nitrogen and oxygen atoms in total. The lowest BCUT2D eigenvalue weighted by Gasteiger charge is -2.17. The Morgan fingerprint density at radius 2 is 1.66 bits per heavy atom. The number of carbonyl (C=O) groups is 1. The van der Waals surface area contributed by atoms with Gasteiger partial charge in [0.05, 0.1) is 20.1 Å². The molecule has 1 amide bonds. The minimum absolute atomic E-state index is 0.0675. The van der Waals surface area contributed by atoms with Gasteiger partial charge in [0.1, 0.15) is 6.10 Å². The van der Waals surface area contributed by atoms with Crippen LogP contribution < -0.4 is 9.47 Å². The van der Waals surface area contributed by atoms with Crippen molar-refractivity contribution in [2.24, 2.45) is 0 Å². The van der Waals surface area contributed by atoms with Gasteiger partial charge in [0, 0.05) is 25.1 Å². The lowest BCUT2D eigenvalue weighted by atomic mass is 10.0. The number of hydrogen-bond acceptors (Lipinski definition) is 5. The van der Waals surface area contributed by atoms with Crippen molar-refractivity contribution in [3.63, 3.8) is 0 Å². The second-order valence-corrected chi connectivity index (χ2v) is 7.02. The highest BCUT2D eigenvalue weighted by Crippen LogP contribution is 2.21. The summed E-state index contributed by atoms with van der Waals surface area (Å²) in [5.74, 6) is 1.00. The fourth-order valence-corrected chi connectivity index (χ4v) is 3.43. The summed E-state index contributed by atoms with van der Waals surface area (Å²) in [6, 6.07) is 21.8. The maximum atomic E-state index is 12.7. The average molecular weight is 389 g/mol. The standard InChI is InChI=1S/C23H23N3O3/c1-28-21-11-12-22(25-24-21)29-20-13-14-26(16-20)23(27)15-17-7-9-19(10-8-17)18-5-3-2-4-6-18/h2-12,20H,13-16H2,1H3. The predicted molar refractivity (Wildman–Crippen MR) is 110 cm³/mol. The van der Waals surface area contributed by atoms with Crippen LogP contribution >= 0.6 is 0 Å². The molecule has 1 aliphatic rings. The predicted octanol–water partition coefficient (Wildman–Crippen LogP) is 3.37. The van der Waals surface area contributed by atoms with Gasteiger partial charge < -0.3 is 14.4 Å². The summed E-state index contributed by atoms with van der Waals surface area (Å²) in [7, 11) is 1.54. The SMILES string of the molecule is COc1ccc(OC2CCN(C(=O)Cc3ccc(-c4ccccc4)cc3)C2)nn1. The van der Waals surface area contributed by atoms with Crippen molar-refractivity contribution in [3.05, 3.63) is 72.3 Å². The van der Waals surface area contributed by atoms with Gasteiger partial charge in [0.2, 0.25) is 17.7 Å². The van der Waals surface area contributed by atoms with Gasteiger partial charge in [-0.15, -0.1) is 10.2 Å². The third-order valence-electron chi connectivity index (χ3n) is 5.03. The van der Waals surface area contributed by atoms with Gasteiger partial charge >= 0.3 is 0 Å². The first-order valence-electron chi connectivity index (χ1n) is 9.68. The first-order valence-corrected chi connectivity index (χ1v) is 9.68. The molecule has 1 aromatic heterocycles. The summed E-state index contributed by atoms with van der Waals surface area (Å²) in [6.07, 6.45) is 1.11. The number of benzene rings is 2. The van der Waals surface area contributed by atoms with Crippen molar-refractivity contribution in [3.8, 4) is 22.9 Å². The van der Waals surface area contributed by atoms with Gasteiger partial charge in [-0.2, -0.15) is 0 Å². The van der Waals surface area contributed by atoms with E-state index in [1.165, 1.54) is 5.56 Å². The minimum atomic E-state index is -0.0675. The molecule has 1 fully saturated rings. The van der Waals surface area contributed by atoms with Gasteiger partial charge in [-0.25, -0.2) is 0 Å². The second-order valence-electron chi connectivity index (χ2n) is 7.02. The van der Waals surface area contributed by atoms with E-state index >= 15 is 0 Å². The van der Waals surface area contributed by atoms with Crippen molar-refractivity contribution >= 4 is 5.91 Å². The third kappa shape index (κ3) is 4.71. The van der Waals surface area contributed by atoms with Gasteiger partial charge in [-0.05, 0) is 16.7 Å². The van der Waals surface area contributed by atoms with Crippen LogP contribution in [0.3, 0.4) is 0 Å². The molecular weight excluding hydrogens is 366 g/mol. The summed E-state index contributed by atoms with van der Waals surface area (Å²) < 4.78 is 10.8. The van der Waals surface area contributed by atoms with E-state index in [1.807, 2.05) is 35.2 Å². The van der Waals surface area contributed by atoms with Crippen LogP contribution in [0.4, 0.5) is 0 Å². The number of hydrogen-bond donors (Lipinski definition) is 0. The summed E-state index contributed by atoms with van der Waals surface area (Å²) in [5.41, 5.74) is 3.34. The molecule has 0 radical (unpaired) electrons. The maximum Gasteiger partial charge on any atom is 0.233 e. The largest absolute Gasteiger partial charge is 0.480 e. The van der Waals surface area contributed by atoms with E-state index in [2.05, 4.69) is 34.5 Å². The summed E-state index contributed by atoms with van der Waals surface area (Å²) in [6.45, 7) is 1.25. The van der Waals surface area contributed by atoms with Gasteiger partial charge in [0.25, 0.3) is 0 Å². The lowest BCUT2D eigenvalue weighted by Crippen LogP contribution is -2.32. The zero-order valence-corrected chi connectivity index (χ0v) is 16.3. The molecule has 4 rings (SSSR count). The number of methoxy groups -OCH3 is 1. The lowest BCUT2D eigenvalue weighted by molar-refractivity contribution is -0.129. The Bertz CT molecular complexity index is 943. The quantitative estimate of drug-likeness (QED) is 0.647. The molecule has 1 unspecified atom stereocenters. The molecule has 6 heteroatoms. The van der Waals surface area contributed by atoms with Gasteiger partial charge in [-0.1, -0.05) is 54.6 Å². The molecule has 1 aliphatic heterocycles. The van der Waals surface area contributed by atoms with Crippen molar-refractivity contribution in [2.75, 3.05) is 20.2 Å². The molecule has 0 N–H and O–H groups in total. The van der Waals surface area contributed by atoms with E-state index in [0.717, 1.165) is 17.5 Å². The number of rotatable bonds is 6. The van der Waals surface area contributed by atoms with E-state index in [4.69, 9.17) is 9.47 Å². The van der Waals surface area contributed by atoms with Crippen LogP contribution in [0.5, 0.6) is 11.8 Å². The Kier molecular flexibility index (Phi) is 5.70. The van der Waals surface area contributed by atoms with Crippen molar-refractivity contribution in [2.45, 2.75) is 18.9 Å². The van der Waals surface area contributed by atoms with E-state index < -0.39 is 0 Å². The highest BCUT2D eigenvalue weighted by Gasteiger charge is 2.28. The van der Waals surface area contributed by atoms with E-state index in [9.17, 15) is 4.79 Å². The molecule has 0 aliphatic carbocycles. The fourth-order valence-electron chi connectivity index (χ4n) is 3.43. The summed E-state index contributed by atoms with van der Waals surface area (Å²) >= 11 is 0. The zero-order chi connectivity index (χ0) is 20.1. The van der Waals surface area contributed by atoms with Crippen LogP contribution in [0, 0.1) is 0 Å². The van der Waals surface area contributed by atoms with E-state index in [-0.39, 0.29) is 12.0 Å². The van der Waals surface area contributed by atoms with E-state index in [0.29, 0.717) is 31.3 Å². The average Bonchev–Trinajstić information content (AvgIpc) is 3.24. The van der Waals surface area contributed by atoms with Gasteiger partial charge in [0.15, 0.2) is 0 Å². The third-order valence-corrected chi connectivity index (χ3v) is 5.03. The highest BCUT2D eigenvalue weighted by atomic mass is 16.5. The van der Waals surface area contributed by atoms with Crippen LogP contribution in [0.1, 0.15) is 12.0 Å². The van der Waals surface area contributed by atoms with Crippen molar-refractivity contribution in [1.29, 1.82) is 0 Å². The second kappa shape index (κ2) is 8.73. The molecule has 2 aromatic carbocycles. The first-order chi connectivity index (χ1) is 14.2. The van der Waals surface area contributed by atoms with Crippen molar-refractivity contribution in [1.82, 2.24) is 15.1 Å². The molecule has 148 valence electrons. The summed E-state index contributed by atoms with van der Waals surface area (Å²) in [4.78, 5) is 14.5. The number of ether oxygens (including phenoxy) is 2. The molecular formula is C23H23N3O3. The molecule has 3 aromatic rings. The maximum absolute atomic E-state index is 12.7. The smallest absolute Gasteiger partial charge is 0.233 e.